The Labute approximate surface area is 203 Å². The Balaban J connectivity index is 1.51. The van der Waals surface area contributed by atoms with Crippen LogP contribution in [0, 0.1) is 6.92 Å². The summed E-state index contributed by atoms with van der Waals surface area (Å²) < 4.78 is 0.691. The zero-order valence-electron chi connectivity index (χ0n) is 19.9. The molecule has 10 heteroatoms. The lowest BCUT2D eigenvalue weighted by atomic mass is 9.99. The van der Waals surface area contributed by atoms with Crippen LogP contribution in [0.1, 0.15) is 65.5 Å². The quantitative estimate of drug-likeness (QED) is 0.343. The Morgan fingerprint density at radius 2 is 2.09 bits per heavy atom. The molecular formula is C24H32N6O3S. The van der Waals surface area contributed by atoms with Crippen molar-refractivity contribution in [2.24, 2.45) is 0 Å². The molecule has 0 radical (unpaired) electrons. The van der Waals surface area contributed by atoms with Crippen molar-refractivity contribution in [2.45, 2.75) is 58.5 Å². The summed E-state index contributed by atoms with van der Waals surface area (Å²) in [5, 5.41) is 17.1. The van der Waals surface area contributed by atoms with E-state index < -0.39 is 5.97 Å². The summed E-state index contributed by atoms with van der Waals surface area (Å²) in [6, 6.07) is 5.19. The Hall–Kier alpha value is -2.98. The number of anilines is 1. The van der Waals surface area contributed by atoms with E-state index in [0.29, 0.717) is 22.6 Å². The number of fused-ring (bicyclic) bond motifs is 1. The number of carbonyl (C=O) groups is 2. The molecule has 1 aliphatic rings. The lowest BCUT2D eigenvalue weighted by molar-refractivity contribution is 0.0699. The van der Waals surface area contributed by atoms with Gasteiger partial charge in [-0.1, -0.05) is 37.7 Å². The largest absolute Gasteiger partial charge is 0.478 e. The molecule has 1 aromatic carbocycles. The van der Waals surface area contributed by atoms with E-state index in [1.165, 1.54) is 11.3 Å². The predicted octanol–water partition coefficient (Wildman–Crippen LogP) is 3.36. The first-order valence-electron chi connectivity index (χ1n) is 11.9. The summed E-state index contributed by atoms with van der Waals surface area (Å²) in [6.07, 6.45) is 3.66. The number of amides is 1. The van der Waals surface area contributed by atoms with E-state index in [1.807, 2.05) is 19.9 Å². The van der Waals surface area contributed by atoms with Gasteiger partial charge in [0.15, 0.2) is 11.0 Å². The number of aromatic amines is 1. The van der Waals surface area contributed by atoms with Crippen LogP contribution in [-0.2, 0) is 6.42 Å². The summed E-state index contributed by atoms with van der Waals surface area (Å²) >= 11 is 1.41. The Morgan fingerprint density at radius 1 is 1.26 bits per heavy atom. The number of piperidine rings is 1. The van der Waals surface area contributed by atoms with Gasteiger partial charge in [-0.25, -0.2) is 14.8 Å². The fourth-order valence-corrected chi connectivity index (χ4v) is 5.50. The molecular weight excluding hydrogens is 452 g/mol. The molecule has 3 heterocycles. The second kappa shape index (κ2) is 10.5. The van der Waals surface area contributed by atoms with Crippen molar-refractivity contribution in [2.75, 3.05) is 24.5 Å². The fourth-order valence-electron chi connectivity index (χ4n) is 4.40. The van der Waals surface area contributed by atoms with E-state index in [0.717, 1.165) is 55.3 Å². The summed E-state index contributed by atoms with van der Waals surface area (Å²) in [5.41, 5.74) is 2.82. The summed E-state index contributed by atoms with van der Waals surface area (Å²) in [5.74, 6) is -0.771. The molecule has 0 bridgehead atoms. The minimum atomic E-state index is -0.944. The topological polar surface area (TPSA) is 123 Å². The number of nitrogens with zero attached hydrogens (tertiary/aromatic N) is 3. The molecule has 9 nitrogen and oxygen atoms in total. The normalized spacial score (nSPS) is 18.4. The smallest absolute Gasteiger partial charge is 0.337 e. The summed E-state index contributed by atoms with van der Waals surface area (Å²) in [6.45, 7) is 8.37. The molecule has 1 unspecified atom stereocenters. The molecule has 182 valence electrons. The van der Waals surface area contributed by atoms with Crippen molar-refractivity contribution in [3.63, 3.8) is 0 Å². The van der Waals surface area contributed by atoms with Gasteiger partial charge in [-0.05, 0) is 44.9 Å². The number of aromatic carboxylic acids is 1. The number of unbranched alkanes of at least 4 members (excludes halogenated alkanes) is 1. The average molecular weight is 485 g/mol. The number of benzene rings is 1. The van der Waals surface area contributed by atoms with Crippen LogP contribution in [0.4, 0.5) is 5.13 Å². The molecule has 3 aromatic rings. The first-order valence-corrected chi connectivity index (χ1v) is 12.7. The van der Waals surface area contributed by atoms with Gasteiger partial charge >= 0.3 is 5.97 Å². The van der Waals surface area contributed by atoms with Crippen LogP contribution >= 0.6 is 11.3 Å². The first-order chi connectivity index (χ1) is 16.4. The van der Waals surface area contributed by atoms with Crippen molar-refractivity contribution in [3.8, 4) is 0 Å². The van der Waals surface area contributed by atoms with Gasteiger partial charge in [0.2, 0.25) is 0 Å². The van der Waals surface area contributed by atoms with E-state index in [4.69, 9.17) is 4.98 Å². The molecule has 1 amide bonds. The number of imidazole rings is 1. The monoisotopic (exact) mass is 484 g/mol. The van der Waals surface area contributed by atoms with Crippen LogP contribution in [0.2, 0.25) is 0 Å². The molecule has 1 aliphatic heterocycles. The zero-order valence-corrected chi connectivity index (χ0v) is 20.7. The van der Waals surface area contributed by atoms with Gasteiger partial charge in [0.1, 0.15) is 0 Å². The number of rotatable bonds is 9. The van der Waals surface area contributed by atoms with E-state index >= 15 is 0 Å². The van der Waals surface area contributed by atoms with Crippen molar-refractivity contribution in [3.05, 3.63) is 41.0 Å². The van der Waals surface area contributed by atoms with Crippen molar-refractivity contribution >= 4 is 38.6 Å². The van der Waals surface area contributed by atoms with E-state index in [2.05, 4.69) is 32.4 Å². The zero-order chi connectivity index (χ0) is 24.2. The van der Waals surface area contributed by atoms with E-state index in [1.54, 1.807) is 12.1 Å². The number of thiazole rings is 1. The SMILES string of the molecule is CCCCN[C@@H]1CN(c2nc3cccc(C(=O)O)c3s2)CCC1NC(=O)c1nc(CC)c(C)[nH]1. The van der Waals surface area contributed by atoms with Gasteiger partial charge in [0.05, 0.1) is 21.5 Å². The summed E-state index contributed by atoms with van der Waals surface area (Å²) in [4.78, 5) is 39.0. The number of H-pyrrole nitrogens is 1. The number of nitrogens with one attached hydrogen (secondary N) is 3. The number of carboxylic acids is 1. The van der Waals surface area contributed by atoms with E-state index in [9.17, 15) is 14.7 Å². The molecule has 1 saturated heterocycles. The highest BCUT2D eigenvalue weighted by atomic mass is 32.1. The molecule has 0 aliphatic carbocycles. The van der Waals surface area contributed by atoms with Crippen molar-refractivity contribution < 1.29 is 14.7 Å². The first kappa shape index (κ1) is 24.2. The molecule has 1 fully saturated rings. The Morgan fingerprint density at radius 3 is 2.79 bits per heavy atom. The van der Waals surface area contributed by atoms with Gasteiger partial charge in [-0.2, -0.15) is 0 Å². The average Bonchev–Trinajstić information content (AvgIpc) is 3.43. The third-order valence-electron chi connectivity index (χ3n) is 6.31. The lowest BCUT2D eigenvalue weighted by Gasteiger charge is -2.39. The van der Waals surface area contributed by atoms with Crippen LogP contribution in [0.3, 0.4) is 0 Å². The molecule has 2 atom stereocenters. The molecule has 0 saturated carbocycles. The highest BCUT2D eigenvalue weighted by Crippen LogP contribution is 2.33. The van der Waals surface area contributed by atoms with Gasteiger partial charge in [0.25, 0.3) is 5.91 Å². The molecule has 4 N–H and O–H groups in total. The summed E-state index contributed by atoms with van der Waals surface area (Å²) in [7, 11) is 0. The minimum Gasteiger partial charge on any atom is -0.478 e. The van der Waals surface area contributed by atoms with E-state index in [-0.39, 0.29) is 23.6 Å². The van der Waals surface area contributed by atoms with Crippen molar-refractivity contribution in [1.82, 2.24) is 25.6 Å². The van der Waals surface area contributed by atoms with Crippen LogP contribution in [0.5, 0.6) is 0 Å². The molecule has 34 heavy (non-hydrogen) atoms. The Kier molecular flexibility index (Phi) is 7.47. The third-order valence-corrected chi connectivity index (χ3v) is 7.47. The van der Waals surface area contributed by atoms with Gasteiger partial charge in [-0.3, -0.25) is 4.79 Å². The predicted molar refractivity (Wildman–Crippen MR) is 134 cm³/mol. The number of aryl methyl sites for hydroxylation is 2. The van der Waals surface area contributed by atoms with Gasteiger partial charge in [0, 0.05) is 30.9 Å². The third kappa shape index (κ3) is 5.07. The number of hydrogen-bond donors (Lipinski definition) is 4. The van der Waals surface area contributed by atoms with Gasteiger partial charge < -0.3 is 25.6 Å². The Bertz CT molecular complexity index is 1170. The standard InChI is InChI=1S/C24H32N6O3S/c1-4-6-11-25-19-13-30(24-29-18-9-7-8-15(23(32)33)20(18)34-24)12-10-17(19)28-22(31)21-26-14(3)16(5-2)27-21/h7-9,17,19,25H,4-6,10-13H2,1-3H3,(H,26,27)(H,28,31)(H,32,33)/t17?,19-/m1/s1. The van der Waals surface area contributed by atoms with Crippen LogP contribution < -0.4 is 15.5 Å². The molecule has 2 aromatic heterocycles. The number of hydrogen-bond acceptors (Lipinski definition) is 7. The molecule has 0 spiro atoms. The lowest BCUT2D eigenvalue weighted by Crippen LogP contribution is -2.59. The number of aromatic nitrogens is 3. The van der Waals surface area contributed by atoms with Crippen LogP contribution in [0.25, 0.3) is 10.2 Å². The highest BCUT2D eigenvalue weighted by Gasteiger charge is 2.32. The molecule has 4 rings (SSSR count). The second-order valence-electron chi connectivity index (χ2n) is 8.69. The fraction of sp³-hybridized carbons (Fsp3) is 0.500. The minimum absolute atomic E-state index is 0.0388. The maximum atomic E-state index is 12.9. The van der Waals surface area contributed by atoms with Gasteiger partial charge in [-0.15, -0.1) is 0 Å². The van der Waals surface area contributed by atoms with Crippen LogP contribution in [-0.4, -0.2) is 63.7 Å². The highest BCUT2D eigenvalue weighted by molar-refractivity contribution is 7.22. The van der Waals surface area contributed by atoms with Crippen molar-refractivity contribution in [1.29, 1.82) is 0 Å². The number of carboxylic acid groups (broad SMARTS) is 1. The number of carbonyl (C=O) groups excluding carboxylic acids is 1. The van der Waals surface area contributed by atoms with Crippen LogP contribution in [0.15, 0.2) is 18.2 Å². The maximum absolute atomic E-state index is 12.9. The maximum Gasteiger partial charge on any atom is 0.337 e. The second-order valence-corrected chi connectivity index (χ2v) is 9.67.